The predicted octanol–water partition coefficient (Wildman–Crippen LogP) is 3.97. The van der Waals surface area contributed by atoms with Crippen LogP contribution in [0.4, 0.5) is 0 Å². The summed E-state index contributed by atoms with van der Waals surface area (Å²) >= 11 is 0. The van der Waals surface area contributed by atoms with Crippen LogP contribution in [0.1, 0.15) is 35.9 Å². The molecule has 1 unspecified atom stereocenters. The quantitative estimate of drug-likeness (QED) is 0.767. The third-order valence-electron chi connectivity index (χ3n) is 4.64. The molecule has 0 saturated heterocycles. The monoisotopic (exact) mass is 335 g/mol. The van der Waals surface area contributed by atoms with E-state index in [2.05, 4.69) is 17.3 Å². The fourth-order valence-electron chi connectivity index (χ4n) is 3.00. The van der Waals surface area contributed by atoms with Gasteiger partial charge in [0.25, 0.3) is 5.91 Å². The maximum absolute atomic E-state index is 12.8. The maximum atomic E-state index is 12.8. The van der Waals surface area contributed by atoms with E-state index >= 15 is 0 Å². The van der Waals surface area contributed by atoms with Gasteiger partial charge in [-0.25, -0.2) is 4.68 Å². The number of aryl methyl sites for hydroxylation is 1. The van der Waals surface area contributed by atoms with Crippen molar-refractivity contribution in [3.05, 3.63) is 60.0 Å². The highest BCUT2D eigenvalue weighted by atomic mass is 16.3. The number of carbonyl (C=O) groups is 1. The Morgan fingerprint density at radius 2 is 2.00 bits per heavy atom. The van der Waals surface area contributed by atoms with Gasteiger partial charge in [-0.1, -0.05) is 18.2 Å². The lowest BCUT2D eigenvalue weighted by Gasteiger charge is -2.12. The van der Waals surface area contributed by atoms with Gasteiger partial charge in [0.15, 0.2) is 5.76 Å². The molecule has 4 rings (SSSR count). The number of carbonyl (C=O) groups excluding carboxylic acids is 1. The van der Waals surface area contributed by atoms with Gasteiger partial charge in [0, 0.05) is 12.2 Å². The number of hydrogen-bond donors (Lipinski definition) is 1. The molecule has 0 spiro atoms. The lowest BCUT2D eigenvalue weighted by atomic mass is 10.1. The number of aromatic nitrogens is 2. The van der Waals surface area contributed by atoms with Gasteiger partial charge < -0.3 is 9.73 Å². The number of rotatable bonds is 5. The number of benzene rings is 1. The lowest BCUT2D eigenvalue weighted by molar-refractivity contribution is 0.0936. The average Bonchev–Trinajstić information content (AvgIpc) is 3.23. The summed E-state index contributed by atoms with van der Waals surface area (Å²) in [6, 6.07) is 13.7. The van der Waals surface area contributed by atoms with E-state index in [4.69, 9.17) is 4.42 Å². The van der Waals surface area contributed by atoms with Crippen molar-refractivity contribution in [3.8, 4) is 17.1 Å². The van der Waals surface area contributed by atoms with Crippen LogP contribution in [0.5, 0.6) is 0 Å². The van der Waals surface area contributed by atoms with Crippen molar-refractivity contribution < 1.29 is 9.21 Å². The maximum Gasteiger partial charge on any atom is 0.255 e. The van der Waals surface area contributed by atoms with Gasteiger partial charge in [0.2, 0.25) is 0 Å². The first-order chi connectivity index (χ1) is 12.1. The molecule has 3 aromatic rings. The Morgan fingerprint density at radius 3 is 2.64 bits per heavy atom. The molecule has 1 N–H and O–H groups in total. The van der Waals surface area contributed by atoms with Crippen LogP contribution in [0.2, 0.25) is 0 Å². The Hall–Kier alpha value is -2.82. The van der Waals surface area contributed by atoms with Crippen molar-refractivity contribution in [2.45, 2.75) is 32.7 Å². The zero-order valence-electron chi connectivity index (χ0n) is 14.4. The second kappa shape index (κ2) is 6.24. The van der Waals surface area contributed by atoms with Crippen molar-refractivity contribution in [1.29, 1.82) is 0 Å². The van der Waals surface area contributed by atoms with Gasteiger partial charge in [-0.05, 0) is 56.9 Å². The van der Waals surface area contributed by atoms with E-state index < -0.39 is 0 Å². The summed E-state index contributed by atoms with van der Waals surface area (Å²) in [5.74, 6) is 1.89. The highest BCUT2D eigenvalue weighted by Gasteiger charge is 2.30. The van der Waals surface area contributed by atoms with E-state index in [0.29, 0.717) is 22.9 Å². The fraction of sp³-hybridized carbons (Fsp3) is 0.300. The van der Waals surface area contributed by atoms with Gasteiger partial charge in [0.1, 0.15) is 11.5 Å². The van der Waals surface area contributed by atoms with Crippen LogP contribution in [0.15, 0.2) is 53.1 Å². The van der Waals surface area contributed by atoms with Gasteiger partial charge in [0.05, 0.1) is 11.3 Å². The van der Waals surface area contributed by atoms with E-state index in [0.717, 1.165) is 11.4 Å². The molecular formula is C20H21N3O2. The van der Waals surface area contributed by atoms with Crippen LogP contribution in [-0.2, 0) is 0 Å². The molecule has 1 fully saturated rings. The van der Waals surface area contributed by atoms with Crippen molar-refractivity contribution >= 4 is 5.91 Å². The molecule has 1 aliphatic rings. The normalized spacial score (nSPS) is 15.1. The number of para-hydroxylation sites is 1. The topological polar surface area (TPSA) is 60.1 Å². The fourth-order valence-corrected chi connectivity index (χ4v) is 3.00. The SMILES string of the molecule is Cc1ccc(-c2nn(-c3ccccc3)cc2C(=O)NC(C)C2CC2)o1. The molecular weight excluding hydrogens is 314 g/mol. The minimum Gasteiger partial charge on any atom is -0.460 e. The molecule has 5 heteroatoms. The summed E-state index contributed by atoms with van der Waals surface area (Å²) in [4.78, 5) is 12.8. The van der Waals surface area contributed by atoms with Crippen LogP contribution in [0.3, 0.4) is 0 Å². The van der Waals surface area contributed by atoms with Crippen LogP contribution in [0.25, 0.3) is 17.1 Å². The molecule has 0 radical (unpaired) electrons. The molecule has 2 aromatic heterocycles. The number of nitrogens with one attached hydrogen (secondary N) is 1. The minimum absolute atomic E-state index is 0.106. The Kier molecular flexibility index (Phi) is 3.92. The molecule has 5 nitrogen and oxygen atoms in total. The average molecular weight is 335 g/mol. The summed E-state index contributed by atoms with van der Waals surface area (Å²) in [7, 11) is 0. The van der Waals surface area contributed by atoms with E-state index in [-0.39, 0.29) is 11.9 Å². The molecule has 0 aliphatic heterocycles. The first-order valence-electron chi connectivity index (χ1n) is 8.64. The third kappa shape index (κ3) is 3.22. The van der Waals surface area contributed by atoms with E-state index in [9.17, 15) is 4.79 Å². The van der Waals surface area contributed by atoms with E-state index in [1.165, 1.54) is 12.8 Å². The first kappa shape index (κ1) is 15.7. The third-order valence-corrected chi connectivity index (χ3v) is 4.64. The van der Waals surface area contributed by atoms with Crippen LogP contribution < -0.4 is 5.32 Å². The van der Waals surface area contributed by atoms with Crippen molar-refractivity contribution in [2.24, 2.45) is 5.92 Å². The largest absolute Gasteiger partial charge is 0.460 e. The number of nitrogens with zero attached hydrogens (tertiary/aromatic N) is 2. The Labute approximate surface area is 146 Å². The Balaban J connectivity index is 1.72. The smallest absolute Gasteiger partial charge is 0.255 e. The predicted molar refractivity (Wildman–Crippen MR) is 95.7 cm³/mol. The second-order valence-corrected chi connectivity index (χ2v) is 6.68. The van der Waals surface area contributed by atoms with Crippen LogP contribution in [-0.4, -0.2) is 21.7 Å². The highest BCUT2D eigenvalue weighted by Crippen LogP contribution is 2.33. The Morgan fingerprint density at radius 1 is 1.24 bits per heavy atom. The molecule has 2 heterocycles. The van der Waals surface area contributed by atoms with E-state index in [1.807, 2.05) is 49.4 Å². The van der Waals surface area contributed by atoms with Gasteiger partial charge in [-0.3, -0.25) is 4.79 Å². The van der Waals surface area contributed by atoms with E-state index in [1.54, 1.807) is 10.9 Å². The highest BCUT2D eigenvalue weighted by molar-refractivity contribution is 5.99. The summed E-state index contributed by atoms with van der Waals surface area (Å²) in [5, 5.41) is 7.72. The minimum atomic E-state index is -0.106. The first-order valence-corrected chi connectivity index (χ1v) is 8.64. The molecule has 0 bridgehead atoms. The van der Waals surface area contributed by atoms with Gasteiger partial charge in [-0.2, -0.15) is 5.10 Å². The molecule has 25 heavy (non-hydrogen) atoms. The van der Waals surface area contributed by atoms with Crippen molar-refractivity contribution in [2.75, 3.05) is 0 Å². The molecule has 1 saturated carbocycles. The summed E-state index contributed by atoms with van der Waals surface area (Å²) in [6.45, 7) is 3.94. The Bertz CT molecular complexity index is 891. The molecule has 1 aromatic carbocycles. The van der Waals surface area contributed by atoms with Crippen molar-refractivity contribution in [1.82, 2.24) is 15.1 Å². The van der Waals surface area contributed by atoms with Gasteiger partial charge in [-0.15, -0.1) is 0 Å². The lowest BCUT2D eigenvalue weighted by Crippen LogP contribution is -2.34. The molecule has 1 aliphatic carbocycles. The standard InChI is InChI=1S/C20H21N3O2/c1-13-8-11-18(25-13)19-17(20(24)21-14(2)15-9-10-15)12-23(22-19)16-6-4-3-5-7-16/h3-8,11-12,14-15H,9-10H2,1-2H3,(H,21,24). The number of hydrogen-bond acceptors (Lipinski definition) is 3. The number of amides is 1. The summed E-state index contributed by atoms with van der Waals surface area (Å²) in [6.07, 6.45) is 4.15. The zero-order valence-corrected chi connectivity index (χ0v) is 14.4. The zero-order chi connectivity index (χ0) is 17.4. The molecule has 128 valence electrons. The van der Waals surface area contributed by atoms with Crippen LogP contribution in [0, 0.1) is 12.8 Å². The molecule has 1 amide bonds. The summed E-state index contributed by atoms with van der Waals surface area (Å²) in [5.41, 5.74) is 2.00. The summed E-state index contributed by atoms with van der Waals surface area (Å²) < 4.78 is 7.44. The van der Waals surface area contributed by atoms with Gasteiger partial charge >= 0.3 is 0 Å². The molecule has 1 atom stereocenters. The van der Waals surface area contributed by atoms with Crippen molar-refractivity contribution in [3.63, 3.8) is 0 Å². The second-order valence-electron chi connectivity index (χ2n) is 6.68. The number of furan rings is 1. The van der Waals surface area contributed by atoms with Crippen LogP contribution >= 0.6 is 0 Å².